The van der Waals surface area contributed by atoms with Crippen molar-refractivity contribution in [2.24, 2.45) is 0 Å². The van der Waals surface area contributed by atoms with Crippen molar-refractivity contribution in [2.45, 2.75) is 44.4 Å². The zero-order valence-corrected chi connectivity index (χ0v) is 16.0. The Bertz CT molecular complexity index is 905. The number of nitrogens with one attached hydrogen (secondary N) is 1. The molecule has 0 saturated heterocycles. The van der Waals surface area contributed by atoms with Crippen molar-refractivity contribution in [3.8, 4) is 0 Å². The van der Waals surface area contributed by atoms with Crippen LogP contribution >= 0.6 is 0 Å². The first kappa shape index (κ1) is 18.5. The summed E-state index contributed by atoms with van der Waals surface area (Å²) in [6.45, 7) is 4.72. The molecular formula is C20H24N2O3S. The molecule has 6 heteroatoms. The summed E-state index contributed by atoms with van der Waals surface area (Å²) in [6, 6.07) is 12.2. The summed E-state index contributed by atoms with van der Waals surface area (Å²) in [4.78, 5) is 14.3. The Balaban J connectivity index is 1.85. The molecule has 0 radical (unpaired) electrons. The topological polar surface area (TPSA) is 66.5 Å². The van der Waals surface area contributed by atoms with Crippen molar-refractivity contribution >= 4 is 27.3 Å². The van der Waals surface area contributed by atoms with Crippen LogP contribution in [-0.4, -0.2) is 20.9 Å². The van der Waals surface area contributed by atoms with E-state index in [0.29, 0.717) is 25.1 Å². The number of anilines is 2. The quantitative estimate of drug-likeness (QED) is 0.837. The smallest absolute Gasteiger partial charge is 0.261 e. The van der Waals surface area contributed by atoms with Crippen LogP contribution in [0, 0.1) is 6.92 Å². The molecule has 138 valence electrons. The zero-order valence-electron chi connectivity index (χ0n) is 15.2. The van der Waals surface area contributed by atoms with Crippen LogP contribution in [0.1, 0.15) is 37.3 Å². The van der Waals surface area contributed by atoms with Crippen LogP contribution in [0.25, 0.3) is 0 Å². The lowest BCUT2D eigenvalue weighted by atomic mass is 10.00. The SMILES string of the molecule is CCCCN1C(=O)CCc2cc(NS(=O)(=O)c3ccc(C)cc3)ccc21. The molecule has 26 heavy (non-hydrogen) atoms. The minimum Gasteiger partial charge on any atom is -0.312 e. The fourth-order valence-electron chi connectivity index (χ4n) is 3.12. The predicted octanol–water partition coefficient (Wildman–Crippen LogP) is 3.88. The second kappa shape index (κ2) is 7.50. The molecule has 1 amide bonds. The summed E-state index contributed by atoms with van der Waals surface area (Å²) in [5.74, 6) is 0.138. The lowest BCUT2D eigenvalue weighted by Crippen LogP contribution is -2.35. The molecule has 0 unspecified atom stereocenters. The number of aryl methyl sites for hydroxylation is 2. The van der Waals surface area contributed by atoms with Gasteiger partial charge >= 0.3 is 0 Å². The van der Waals surface area contributed by atoms with Crippen LogP contribution in [0.15, 0.2) is 47.4 Å². The molecule has 0 spiro atoms. The molecule has 3 rings (SSSR count). The molecule has 2 aromatic carbocycles. The zero-order chi connectivity index (χ0) is 18.7. The van der Waals surface area contributed by atoms with E-state index >= 15 is 0 Å². The minimum atomic E-state index is -3.63. The number of amides is 1. The summed E-state index contributed by atoms with van der Waals surface area (Å²) in [7, 11) is -3.63. The molecule has 0 aromatic heterocycles. The average molecular weight is 372 g/mol. The van der Waals surface area contributed by atoms with Crippen LogP contribution in [0.2, 0.25) is 0 Å². The molecule has 0 fully saturated rings. The highest BCUT2D eigenvalue weighted by Crippen LogP contribution is 2.31. The Morgan fingerprint density at radius 3 is 2.50 bits per heavy atom. The monoisotopic (exact) mass is 372 g/mol. The Morgan fingerprint density at radius 1 is 1.08 bits per heavy atom. The number of hydrogen-bond donors (Lipinski definition) is 1. The first-order valence-corrected chi connectivity index (χ1v) is 10.4. The van der Waals surface area contributed by atoms with Gasteiger partial charge in [-0.3, -0.25) is 9.52 Å². The van der Waals surface area contributed by atoms with Gasteiger partial charge in [-0.1, -0.05) is 31.0 Å². The largest absolute Gasteiger partial charge is 0.312 e. The van der Waals surface area contributed by atoms with Crippen LogP contribution in [0.5, 0.6) is 0 Å². The van der Waals surface area contributed by atoms with E-state index in [4.69, 9.17) is 0 Å². The number of fused-ring (bicyclic) bond motifs is 1. The van der Waals surface area contributed by atoms with Gasteiger partial charge in [0, 0.05) is 24.3 Å². The normalized spacial score (nSPS) is 14.2. The summed E-state index contributed by atoms with van der Waals surface area (Å²) in [5, 5.41) is 0. The molecule has 1 aliphatic heterocycles. The molecular weight excluding hydrogens is 348 g/mol. The second-order valence-electron chi connectivity index (χ2n) is 6.66. The molecule has 1 aliphatic rings. The van der Waals surface area contributed by atoms with Gasteiger partial charge in [0.1, 0.15) is 0 Å². The predicted molar refractivity (Wildman–Crippen MR) is 104 cm³/mol. The van der Waals surface area contributed by atoms with Gasteiger partial charge in [0.05, 0.1) is 4.90 Å². The average Bonchev–Trinajstić information content (AvgIpc) is 2.61. The van der Waals surface area contributed by atoms with Crippen LogP contribution in [-0.2, 0) is 21.2 Å². The highest BCUT2D eigenvalue weighted by molar-refractivity contribution is 7.92. The number of hydrogen-bond acceptors (Lipinski definition) is 3. The number of nitrogens with zero attached hydrogens (tertiary/aromatic N) is 1. The van der Waals surface area contributed by atoms with Crippen molar-refractivity contribution < 1.29 is 13.2 Å². The molecule has 2 aromatic rings. The maximum atomic E-state index is 12.6. The summed E-state index contributed by atoms with van der Waals surface area (Å²) >= 11 is 0. The van der Waals surface area contributed by atoms with Crippen LogP contribution in [0.4, 0.5) is 11.4 Å². The molecule has 1 N–H and O–H groups in total. The molecule has 0 aliphatic carbocycles. The van der Waals surface area contributed by atoms with E-state index < -0.39 is 10.0 Å². The number of benzene rings is 2. The van der Waals surface area contributed by atoms with Crippen LogP contribution in [0.3, 0.4) is 0 Å². The van der Waals surface area contributed by atoms with Gasteiger partial charge in [-0.2, -0.15) is 0 Å². The number of sulfonamides is 1. The molecule has 5 nitrogen and oxygen atoms in total. The fraction of sp³-hybridized carbons (Fsp3) is 0.350. The Morgan fingerprint density at radius 2 is 1.81 bits per heavy atom. The third-order valence-electron chi connectivity index (χ3n) is 4.60. The maximum absolute atomic E-state index is 12.6. The Kier molecular flexibility index (Phi) is 5.32. The lowest BCUT2D eigenvalue weighted by molar-refractivity contribution is -0.118. The molecule has 0 bridgehead atoms. The van der Waals surface area contributed by atoms with Gasteiger partial charge in [0.2, 0.25) is 5.91 Å². The first-order chi connectivity index (χ1) is 12.4. The third-order valence-corrected chi connectivity index (χ3v) is 6.00. The van der Waals surface area contributed by atoms with E-state index in [1.807, 2.05) is 24.0 Å². The van der Waals surface area contributed by atoms with Crippen molar-refractivity contribution in [2.75, 3.05) is 16.2 Å². The van der Waals surface area contributed by atoms with Crippen molar-refractivity contribution in [1.29, 1.82) is 0 Å². The fourth-order valence-corrected chi connectivity index (χ4v) is 4.17. The molecule has 0 atom stereocenters. The number of carbonyl (C=O) groups is 1. The van der Waals surface area contributed by atoms with Crippen molar-refractivity contribution in [1.82, 2.24) is 0 Å². The summed E-state index contributed by atoms with van der Waals surface area (Å²) in [6.07, 6.45) is 3.07. The van der Waals surface area contributed by atoms with Crippen LogP contribution < -0.4 is 9.62 Å². The highest BCUT2D eigenvalue weighted by Gasteiger charge is 2.24. The Hall–Kier alpha value is -2.34. The molecule has 1 heterocycles. The van der Waals surface area contributed by atoms with Gasteiger partial charge in [0.25, 0.3) is 10.0 Å². The summed E-state index contributed by atoms with van der Waals surface area (Å²) < 4.78 is 27.8. The molecule has 0 saturated carbocycles. The van der Waals surface area contributed by atoms with Gasteiger partial charge in [0.15, 0.2) is 0 Å². The van der Waals surface area contributed by atoms with E-state index in [1.165, 1.54) is 0 Å². The van der Waals surface area contributed by atoms with Gasteiger partial charge in [-0.15, -0.1) is 0 Å². The van der Waals surface area contributed by atoms with Gasteiger partial charge < -0.3 is 4.90 Å². The number of rotatable bonds is 6. The third kappa shape index (κ3) is 3.90. The maximum Gasteiger partial charge on any atom is 0.261 e. The van der Waals surface area contributed by atoms with Gasteiger partial charge in [-0.05, 0) is 55.7 Å². The lowest BCUT2D eigenvalue weighted by Gasteiger charge is -2.29. The van der Waals surface area contributed by atoms with E-state index in [9.17, 15) is 13.2 Å². The van der Waals surface area contributed by atoms with E-state index in [0.717, 1.165) is 29.7 Å². The number of unbranched alkanes of at least 4 members (excludes halogenated alkanes) is 1. The van der Waals surface area contributed by atoms with E-state index in [2.05, 4.69) is 11.6 Å². The Labute approximate surface area is 155 Å². The second-order valence-corrected chi connectivity index (χ2v) is 8.34. The first-order valence-electron chi connectivity index (χ1n) is 8.93. The van der Waals surface area contributed by atoms with E-state index in [-0.39, 0.29) is 10.8 Å². The minimum absolute atomic E-state index is 0.138. The van der Waals surface area contributed by atoms with Crippen molar-refractivity contribution in [3.05, 3.63) is 53.6 Å². The number of carbonyl (C=O) groups excluding carboxylic acids is 1. The summed E-state index contributed by atoms with van der Waals surface area (Å²) in [5.41, 5.74) is 3.43. The van der Waals surface area contributed by atoms with Crippen molar-refractivity contribution in [3.63, 3.8) is 0 Å². The van der Waals surface area contributed by atoms with Gasteiger partial charge in [-0.25, -0.2) is 8.42 Å². The standard InChI is InChI=1S/C20H24N2O3S/c1-3-4-13-22-19-11-8-17(14-16(19)7-12-20(22)23)21-26(24,25)18-9-5-15(2)6-10-18/h5-6,8-11,14,21H,3-4,7,12-13H2,1-2H3. The highest BCUT2D eigenvalue weighted by atomic mass is 32.2. The van der Waals surface area contributed by atoms with E-state index in [1.54, 1.807) is 30.3 Å².